The van der Waals surface area contributed by atoms with Crippen LogP contribution in [-0.4, -0.2) is 15.1 Å². The molecule has 16 heavy (non-hydrogen) atoms. The summed E-state index contributed by atoms with van der Waals surface area (Å²) in [5, 5.41) is 16.4. The van der Waals surface area contributed by atoms with Crippen LogP contribution in [0, 0.1) is 17.0 Å². The van der Waals surface area contributed by atoms with E-state index in [1.807, 2.05) is 0 Å². The van der Waals surface area contributed by atoms with Crippen LogP contribution in [0.1, 0.15) is 5.56 Å². The molecule has 1 aromatic carbocycles. The second kappa shape index (κ2) is 3.61. The Morgan fingerprint density at radius 1 is 1.50 bits per heavy atom. The van der Waals surface area contributed by atoms with Gasteiger partial charge in [-0.25, -0.2) is 9.89 Å². The third-order valence-electron chi connectivity index (χ3n) is 2.02. The molecule has 0 saturated heterocycles. The van der Waals surface area contributed by atoms with E-state index in [9.17, 15) is 14.9 Å². The molecule has 0 aliphatic carbocycles. The number of rotatable bonds is 2. The molecule has 0 spiro atoms. The number of aromatic amines is 1. The maximum absolute atomic E-state index is 10.8. The average molecular weight is 221 g/mol. The number of nitro benzene ring substituents is 1. The summed E-state index contributed by atoms with van der Waals surface area (Å²) in [7, 11) is 0. The average Bonchev–Trinajstić information content (AvgIpc) is 2.64. The van der Waals surface area contributed by atoms with Gasteiger partial charge >= 0.3 is 5.76 Å². The fraction of sp³-hybridized carbons (Fsp3) is 0.111. The quantitative estimate of drug-likeness (QED) is 0.607. The van der Waals surface area contributed by atoms with E-state index in [4.69, 9.17) is 0 Å². The van der Waals surface area contributed by atoms with Crippen molar-refractivity contribution in [1.29, 1.82) is 0 Å². The van der Waals surface area contributed by atoms with E-state index < -0.39 is 10.7 Å². The van der Waals surface area contributed by atoms with Gasteiger partial charge in [-0.15, -0.1) is 5.10 Å². The summed E-state index contributed by atoms with van der Waals surface area (Å²) in [4.78, 5) is 21.0. The zero-order chi connectivity index (χ0) is 11.7. The first-order chi connectivity index (χ1) is 7.58. The number of nitro groups is 1. The van der Waals surface area contributed by atoms with Crippen LogP contribution in [0.5, 0.6) is 0 Å². The van der Waals surface area contributed by atoms with Gasteiger partial charge in [0.15, 0.2) is 0 Å². The Balaban J connectivity index is 2.66. The molecule has 0 aliphatic heterocycles. The number of nitrogens with zero attached hydrogens (tertiary/aromatic N) is 2. The maximum atomic E-state index is 10.8. The van der Waals surface area contributed by atoms with Gasteiger partial charge in [-0.05, 0) is 18.6 Å². The van der Waals surface area contributed by atoms with Gasteiger partial charge in [0.25, 0.3) is 11.6 Å². The minimum atomic E-state index is -0.745. The highest BCUT2D eigenvalue weighted by atomic mass is 16.6. The highest BCUT2D eigenvalue weighted by Crippen LogP contribution is 2.28. The molecule has 0 atom stereocenters. The summed E-state index contributed by atoms with van der Waals surface area (Å²) in [5.41, 5.74) is 0.843. The molecule has 1 aromatic heterocycles. The van der Waals surface area contributed by atoms with Crippen LogP contribution in [0.3, 0.4) is 0 Å². The Morgan fingerprint density at radius 3 is 2.81 bits per heavy atom. The molecule has 0 amide bonds. The number of hydrogen-bond acceptors (Lipinski definition) is 5. The zero-order valence-electron chi connectivity index (χ0n) is 8.26. The molecule has 0 bridgehead atoms. The minimum Gasteiger partial charge on any atom is -0.387 e. The predicted molar refractivity (Wildman–Crippen MR) is 54.0 cm³/mol. The van der Waals surface area contributed by atoms with Crippen LogP contribution in [0.4, 0.5) is 5.69 Å². The second-order valence-corrected chi connectivity index (χ2v) is 3.20. The van der Waals surface area contributed by atoms with Gasteiger partial charge in [-0.2, -0.15) is 0 Å². The topological polar surface area (TPSA) is 102 Å². The first kappa shape index (κ1) is 10.1. The first-order valence-electron chi connectivity index (χ1n) is 4.39. The van der Waals surface area contributed by atoms with Crippen LogP contribution in [0.15, 0.2) is 27.4 Å². The van der Waals surface area contributed by atoms with Crippen molar-refractivity contribution >= 4 is 5.69 Å². The molecule has 7 heteroatoms. The van der Waals surface area contributed by atoms with Crippen LogP contribution < -0.4 is 5.76 Å². The standard InChI is InChI=1S/C9H7N3O4/c1-5-2-3-7(12(14)15)6(4-5)8-10-11-9(13)16-8/h2-4H,1H3,(H,11,13). The van der Waals surface area contributed by atoms with Gasteiger partial charge in [0, 0.05) is 6.07 Å². The Bertz CT molecular complexity index is 599. The SMILES string of the molecule is Cc1ccc([N+](=O)[O-])c(-c2n[nH]c(=O)o2)c1. The van der Waals surface area contributed by atoms with Crippen molar-refractivity contribution < 1.29 is 9.34 Å². The highest BCUT2D eigenvalue weighted by molar-refractivity contribution is 5.67. The number of aromatic nitrogens is 2. The number of H-pyrrole nitrogens is 1. The van der Waals surface area contributed by atoms with Crippen molar-refractivity contribution in [1.82, 2.24) is 10.2 Å². The largest absolute Gasteiger partial charge is 0.434 e. The molecule has 1 N–H and O–H groups in total. The monoisotopic (exact) mass is 221 g/mol. The van der Waals surface area contributed by atoms with Crippen molar-refractivity contribution in [2.45, 2.75) is 6.92 Å². The van der Waals surface area contributed by atoms with Crippen molar-refractivity contribution in [3.05, 3.63) is 44.4 Å². The van der Waals surface area contributed by atoms with E-state index in [1.165, 1.54) is 12.1 Å². The van der Waals surface area contributed by atoms with Gasteiger partial charge in [-0.3, -0.25) is 10.1 Å². The third-order valence-corrected chi connectivity index (χ3v) is 2.02. The summed E-state index contributed by atoms with van der Waals surface area (Å²) >= 11 is 0. The van der Waals surface area contributed by atoms with E-state index >= 15 is 0 Å². The zero-order valence-corrected chi connectivity index (χ0v) is 8.26. The van der Waals surface area contributed by atoms with Gasteiger partial charge in [0.05, 0.1) is 4.92 Å². The van der Waals surface area contributed by atoms with Crippen molar-refractivity contribution in [2.75, 3.05) is 0 Å². The molecule has 0 aliphatic rings. The molecular formula is C9H7N3O4. The lowest BCUT2D eigenvalue weighted by Gasteiger charge is -1.98. The molecule has 0 unspecified atom stereocenters. The van der Waals surface area contributed by atoms with Gasteiger partial charge in [0.1, 0.15) is 5.56 Å². The molecule has 0 fully saturated rings. The Labute approximate surface area is 88.9 Å². The Hall–Kier alpha value is -2.44. The van der Waals surface area contributed by atoms with E-state index in [2.05, 4.69) is 14.6 Å². The van der Waals surface area contributed by atoms with E-state index in [-0.39, 0.29) is 17.1 Å². The molecule has 0 radical (unpaired) electrons. The van der Waals surface area contributed by atoms with Gasteiger partial charge in [0.2, 0.25) is 0 Å². The van der Waals surface area contributed by atoms with Crippen molar-refractivity contribution in [2.24, 2.45) is 0 Å². The summed E-state index contributed by atoms with van der Waals surface area (Å²) in [6, 6.07) is 4.49. The minimum absolute atomic E-state index is 0.0830. The maximum Gasteiger partial charge on any atom is 0.434 e. The molecule has 1 heterocycles. The number of benzene rings is 1. The van der Waals surface area contributed by atoms with Crippen molar-refractivity contribution in [3.63, 3.8) is 0 Å². The molecule has 7 nitrogen and oxygen atoms in total. The Morgan fingerprint density at radius 2 is 2.25 bits per heavy atom. The summed E-state index contributed by atoms with van der Waals surface area (Å²) in [6.07, 6.45) is 0. The normalized spacial score (nSPS) is 10.3. The van der Waals surface area contributed by atoms with Crippen LogP contribution in [-0.2, 0) is 0 Å². The number of nitrogens with one attached hydrogen (secondary N) is 1. The Kier molecular flexibility index (Phi) is 2.28. The van der Waals surface area contributed by atoms with Gasteiger partial charge in [-0.1, -0.05) is 6.07 Å². The smallest absolute Gasteiger partial charge is 0.387 e. The van der Waals surface area contributed by atoms with E-state index in [1.54, 1.807) is 13.0 Å². The van der Waals surface area contributed by atoms with Crippen LogP contribution in [0.2, 0.25) is 0 Å². The highest BCUT2D eigenvalue weighted by Gasteiger charge is 2.19. The second-order valence-electron chi connectivity index (χ2n) is 3.20. The fourth-order valence-corrected chi connectivity index (χ4v) is 1.33. The van der Waals surface area contributed by atoms with Gasteiger partial charge < -0.3 is 4.42 Å². The summed E-state index contributed by atoms with van der Waals surface area (Å²) < 4.78 is 4.69. The predicted octanol–water partition coefficient (Wildman–Crippen LogP) is 1.25. The lowest BCUT2D eigenvalue weighted by Crippen LogP contribution is -1.94. The van der Waals surface area contributed by atoms with E-state index in [0.717, 1.165) is 5.56 Å². The van der Waals surface area contributed by atoms with Crippen LogP contribution >= 0.6 is 0 Å². The van der Waals surface area contributed by atoms with Crippen LogP contribution in [0.25, 0.3) is 11.5 Å². The third kappa shape index (κ3) is 1.70. The first-order valence-corrected chi connectivity index (χ1v) is 4.39. The molecular weight excluding hydrogens is 214 g/mol. The molecule has 0 saturated carbocycles. The molecule has 2 aromatic rings. The number of aryl methyl sites for hydroxylation is 1. The lowest BCUT2D eigenvalue weighted by atomic mass is 10.1. The lowest BCUT2D eigenvalue weighted by molar-refractivity contribution is -0.384. The number of hydrogen-bond donors (Lipinski definition) is 1. The summed E-state index contributed by atoms with van der Waals surface area (Å²) in [6.45, 7) is 1.78. The van der Waals surface area contributed by atoms with E-state index in [0.29, 0.717) is 0 Å². The fourth-order valence-electron chi connectivity index (χ4n) is 1.33. The molecule has 82 valence electrons. The summed E-state index contributed by atoms with van der Waals surface area (Å²) in [5.74, 6) is -0.828. The van der Waals surface area contributed by atoms with Crippen molar-refractivity contribution in [3.8, 4) is 11.5 Å². The molecule has 2 rings (SSSR count).